The van der Waals surface area contributed by atoms with E-state index in [1.807, 2.05) is 7.05 Å². The summed E-state index contributed by atoms with van der Waals surface area (Å²) in [5.41, 5.74) is 5.61. The zero-order chi connectivity index (χ0) is 8.69. The van der Waals surface area contributed by atoms with Gasteiger partial charge in [-0.2, -0.15) is 0 Å². The van der Waals surface area contributed by atoms with Gasteiger partial charge in [0.05, 0.1) is 0 Å². The van der Waals surface area contributed by atoms with Crippen LogP contribution >= 0.6 is 0 Å². The summed E-state index contributed by atoms with van der Waals surface area (Å²) in [6.07, 6.45) is 2.55. The molecule has 1 unspecified atom stereocenters. The van der Waals surface area contributed by atoms with Gasteiger partial charge in [0.2, 0.25) is 0 Å². The third-order valence-corrected chi connectivity index (χ3v) is 1.98. The van der Waals surface area contributed by atoms with Crippen LogP contribution in [0.15, 0.2) is 0 Å². The SMILES string of the molecule is CNCC(CN)CCC(C)C. The molecule has 0 rings (SSSR count). The maximum absolute atomic E-state index is 5.61. The molecule has 0 saturated carbocycles. The molecule has 0 aliphatic heterocycles. The third-order valence-electron chi connectivity index (χ3n) is 1.98. The summed E-state index contributed by atoms with van der Waals surface area (Å²) in [5, 5.41) is 3.16. The smallest absolute Gasteiger partial charge is 0.00115 e. The minimum Gasteiger partial charge on any atom is -0.330 e. The van der Waals surface area contributed by atoms with Crippen LogP contribution in [0.2, 0.25) is 0 Å². The standard InChI is InChI=1S/C9H22N2/c1-8(2)4-5-9(6-10)7-11-3/h8-9,11H,4-7,10H2,1-3H3. The Labute approximate surface area is 70.5 Å². The van der Waals surface area contributed by atoms with Gasteiger partial charge < -0.3 is 11.1 Å². The molecule has 0 radical (unpaired) electrons. The first kappa shape index (κ1) is 10.9. The monoisotopic (exact) mass is 158 g/mol. The highest BCUT2D eigenvalue weighted by atomic mass is 14.8. The molecule has 0 aromatic heterocycles. The molecule has 0 heterocycles. The van der Waals surface area contributed by atoms with E-state index >= 15 is 0 Å². The fraction of sp³-hybridized carbons (Fsp3) is 1.00. The minimum atomic E-state index is 0.669. The molecule has 0 aliphatic carbocycles. The van der Waals surface area contributed by atoms with Gasteiger partial charge in [0.25, 0.3) is 0 Å². The fourth-order valence-corrected chi connectivity index (χ4v) is 1.16. The summed E-state index contributed by atoms with van der Waals surface area (Å²) in [6, 6.07) is 0. The van der Waals surface area contributed by atoms with Crippen LogP contribution < -0.4 is 11.1 Å². The van der Waals surface area contributed by atoms with E-state index in [1.165, 1.54) is 12.8 Å². The molecule has 1 atom stereocenters. The number of nitrogens with two attached hydrogens (primary N) is 1. The van der Waals surface area contributed by atoms with Crippen molar-refractivity contribution in [2.45, 2.75) is 26.7 Å². The summed E-state index contributed by atoms with van der Waals surface area (Å²) in [4.78, 5) is 0. The van der Waals surface area contributed by atoms with E-state index in [9.17, 15) is 0 Å². The van der Waals surface area contributed by atoms with E-state index in [-0.39, 0.29) is 0 Å². The van der Waals surface area contributed by atoms with Crippen molar-refractivity contribution in [2.75, 3.05) is 20.1 Å². The summed E-state index contributed by atoms with van der Waals surface area (Å²) in [6.45, 7) is 6.39. The predicted octanol–water partition coefficient (Wildman–Crippen LogP) is 1.22. The first-order chi connectivity index (χ1) is 5.20. The van der Waals surface area contributed by atoms with Crippen molar-refractivity contribution in [1.82, 2.24) is 5.32 Å². The van der Waals surface area contributed by atoms with Gasteiger partial charge >= 0.3 is 0 Å². The molecule has 0 saturated heterocycles. The van der Waals surface area contributed by atoms with Crippen LogP contribution in [-0.4, -0.2) is 20.1 Å². The van der Waals surface area contributed by atoms with Crippen LogP contribution in [-0.2, 0) is 0 Å². The van der Waals surface area contributed by atoms with E-state index in [4.69, 9.17) is 5.73 Å². The van der Waals surface area contributed by atoms with Crippen LogP contribution in [0.25, 0.3) is 0 Å². The highest BCUT2D eigenvalue weighted by Crippen LogP contribution is 2.10. The minimum absolute atomic E-state index is 0.669. The second-order valence-electron chi connectivity index (χ2n) is 3.63. The Morgan fingerprint density at radius 2 is 1.91 bits per heavy atom. The Morgan fingerprint density at radius 1 is 1.27 bits per heavy atom. The molecule has 0 spiro atoms. The molecule has 0 fully saturated rings. The lowest BCUT2D eigenvalue weighted by Gasteiger charge is -2.14. The number of rotatable bonds is 6. The third kappa shape index (κ3) is 6.32. The molecule has 0 aromatic carbocycles. The first-order valence-electron chi connectivity index (χ1n) is 4.55. The molecular formula is C9H22N2. The van der Waals surface area contributed by atoms with Gasteiger partial charge in [-0.1, -0.05) is 20.3 Å². The van der Waals surface area contributed by atoms with Crippen LogP contribution in [0.1, 0.15) is 26.7 Å². The molecule has 0 aromatic rings. The van der Waals surface area contributed by atoms with E-state index in [2.05, 4.69) is 19.2 Å². The van der Waals surface area contributed by atoms with Gasteiger partial charge in [-0.25, -0.2) is 0 Å². The highest BCUT2D eigenvalue weighted by Gasteiger charge is 2.05. The maximum Gasteiger partial charge on any atom is -0.00115 e. The van der Waals surface area contributed by atoms with Crippen molar-refractivity contribution in [3.63, 3.8) is 0 Å². The molecule has 2 nitrogen and oxygen atoms in total. The van der Waals surface area contributed by atoms with Crippen molar-refractivity contribution >= 4 is 0 Å². The molecule has 2 heteroatoms. The van der Waals surface area contributed by atoms with Crippen molar-refractivity contribution in [3.8, 4) is 0 Å². The highest BCUT2D eigenvalue weighted by molar-refractivity contribution is 4.62. The Morgan fingerprint density at radius 3 is 2.27 bits per heavy atom. The van der Waals surface area contributed by atoms with Crippen molar-refractivity contribution < 1.29 is 0 Å². The van der Waals surface area contributed by atoms with Crippen LogP contribution in [0.5, 0.6) is 0 Å². The quantitative estimate of drug-likeness (QED) is 0.610. The maximum atomic E-state index is 5.61. The molecule has 11 heavy (non-hydrogen) atoms. The summed E-state index contributed by atoms with van der Waals surface area (Å²) < 4.78 is 0. The van der Waals surface area contributed by atoms with E-state index in [0.717, 1.165) is 19.0 Å². The zero-order valence-corrected chi connectivity index (χ0v) is 8.06. The Bertz CT molecular complexity index is 81.6. The lowest BCUT2D eigenvalue weighted by molar-refractivity contribution is 0.418. The van der Waals surface area contributed by atoms with Crippen LogP contribution in [0.3, 0.4) is 0 Å². The topological polar surface area (TPSA) is 38.0 Å². The van der Waals surface area contributed by atoms with Gasteiger partial charge in [0.15, 0.2) is 0 Å². The predicted molar refractivity (Wildman–Crippen MR) is 50.5 cm³/mol. The Hall–Kier alpha value is -0.0800. The van der Waals surface area contributed by atoms with Crippen molar-refractivity contribution in [2.24, 2.45) is 17.6 Å². The normalized spacial score (nSPS) is 13.9. The lowest BCUT2D eigenvalue weighted by Crippen LogP contribution is -2.26. The number of hydrogen-bond acceptors (Lipinski definition) is 2. The number of nitrogens with one attached hydrogen (secondary N) is 1. The van der Waals surface area contributed by atoms with Gasteiger partial charge in [0, 0.05) is 0 Å². The zero-order valence-electron chi connectivity index (χ0n) is 8.06. The van der Waals surface area contributed by atoms with Gasteiger partial charge in [-0.05, 0) is 38.4 Å². The number of hydrogen-bond donors (Lipinski definition) is 2. The lowest BCUT2D eigenvalue weighted by atomic mass is 9.98. The molecule has 0 aliphatic rings. The summed E-state index contributed by atoms with van der Waals surface area (Å²) in [7, 11) is 1.98. The second kappa shape index (κ2) is 6.62. The summed E-state index contributed by atoms with van der Waals surface area (Å²) >= 11 is 0. The largest absolute Gasteiger partial charge is 0.330 e. The molecule has 0 amide bonds. The van der Waals surface area contributed by atoms with Gasteiger partial charge in [-0.15, -0.1) is 0 Å². The van der Waals surface area contributed by atoms with E-state index in [1.54, 1.807) is 0 Å². The Kier molecular flexibility index (Phi) is 6.57. The van der Waals surface area contributed by atoms with E-state index in [0.29, 0.717) is 5.92 Å². The average Bonchev–Trinajstić information content (AvgIpc) is 1.97. The molecular weight excluding hydrogens is 136 g/mol. The molecule has 0 bridgehead atoms. The summed E-state index contributed by atoms with van der Waals surface area (Å²) in [5.74, 6) is 1.48. The first-order valence-corrected chi connectivity index (χ1v) is 4.55. The van der Waals surface area contributed by atoms with Crippen LogP contribution in [0, 0.1) is 11.8 Å². The second-order valence-corrected chi connectivity index (χ2v) is 3.63. The van der Waals surface area contributed by atoms with E-state index < -0.39 is 0 Å². The van der Waals surface area contributed by atoms with Crippen LogP contribution in [0.4, 0.5) is 0 Å². The van der Waals surface area contributed by atoms with Gasteiger partial charge in [0.1, 0.15) is 0 Å². The van der Waals surface area contributed by atoms with Crippen molar-refractivity contribution in [1.29, 1.82) is 0 Å². The van der Waals surface area contributed by atoms with Crippen molar-refractivity contribution in [3.05, 3.63) is 0 Å². The average molecular weight is 158 g/mol. The fourth-order valence-electron chi connectivity index (χ4n) is 1.16. The molecule has 68 valence electrons. The van der Waals surface area contributed by atoms with Gasteiger partial charge in [-0.3, -0.25) is 0 Å². The Balaban J connectivity index is 3.35. The molecule has 3 N–H and O–H groups in total.